The summed E-state index contributed by atoms with van der Waals surface area (Å²) in [6.07, 6.45) is 1.95. The van der Waals surface area contributed by atoms with Crippen molar-refractivity contribution >= 4 is 5.91 Å². The van der Waals surface area contributed by atoms with Gasteiger partial charge in [-0.05, 0) is 46.6 Å². The summed E-state index contributed by atoms with van der Waals surface area (Å²) in [6, 6.07) is 2.05. The van der Waals surface area contributed by atoms with E-state index in [-0.39, 0.29) is 11.9 Å². The second-order valence-corrected chi connectivity index (χ2v) is 6.82. The molecule has 3 rings (SSSR count). The highest BCUT2D eigenvalue weighted by Gasteiger charge is 2.36. The first-order valence-electron chi connectivity index (χ1n) is 8.95. The lowest BCUT2D eigenvalue weighted by Gasteiger charge is -2.25. The van der Waals surface area contributed by atoms with Crippen molar-refractivity contribution in [3.8, 4) is 5.88 Å². The normalized spacial score (nSPS) is 17.4. The van der Waals surface area contributed by atoms with E-state index in [2.05, 4.69) is 23.5 Å². The van der Waals surface area contributed by atoms with Gasteiger partial charge in [0.2, 0.25) is 5.88 Å². The van der Waals surface area contributed by atoms with Crippen molar-refractivity contribution < 1.29 is 9.53 Å². The summed E-state index contributed by atoms with van der Waals surface area (Å²) in [5, 5.41) is 4.49. The fourth-order valence-electron chi connectivity index (χ4n) is 4.25. The molecule has 1 fully saturated rings. The molecule has 0 aliphatic carbocycles. The van der Waals surface area contributed by atoms with Crippen LogP contribution in [0.3, 0.4) is 0 Å². The van der Waals surface area contributed by atoms with Crippen LogP contribution in [-0.2, 0) is 13.6 Å². The molecule has 2 aromatic rings. The molecule has 0 unspecified atom stereocenters. The number of amides is 1. The van der Waals surface area contributed by atoms with Crippen molar-refractivity contribution in [2.45, 2.75) is 53.1 Å². The monoisotopic (exact) mass is 344 g/mol. The number of hydrogen-bond donors (Lipinski definition) is 0. The third-order valence-electron chi connectivity index (χ3n) is 5.37. The highest BCUT2D eigenvalue weighted by molar-refractivity contribution is 5.96. The van der Waals surface area contributed by atoms with Crippen LogP contribution < -0.4 is 4.74 Å². The topological polar surface area (TPSA) is 52.3 Å². The van der Waals surface area contributed by atoms with E-state index >= 15 is 0 Å². The maximum atomic E-state index is 13.3. The van der Waals surface area contributed by atoms with Gasteiger partial charge in [-0.25, -0.2) is 4.68 Å². The SMILES string of the molecule is CCn1c(C)cc(C(=O)N2CCC[C@@H]2c2c(C)nn(C)c2OC)c1C. The summed E-state index contributed by atoms with van der Waals surface area (Å²) < 4.78 is 9.51. The minimum absolute atomic E-state index is 0.0285. The number of methoxy groups -OCH3 is 1. The quantitative estimate of drug-likeness (QED) is 0.856. The van der Waals surface area contributed by atoms with Gasteiger partial charge in [-0.3, -0.25) is 4.79 Å². The zero-order valence-corrected chi connectivity index (χ0v) is 16.1. The van der Waals surface area contributed by atoms with E-state index in [4.69, 9.17) is 4.74 Å². The molecule has 25 heavy (non-hydrogen) atoms. The van der Waals surface area contributed by atoms with Gasteiger partial charge in [0.25, 0.3) is 5.91 Å². The highest BCUT2D eigenvalue weighted by Crippen LogP contribution is 2.39. The maximum Gasteiger partial charge on any atom is 0.256 e. The van der Waals surface area contributed by atoms with Crippen molar-refractivity contribution in [3.63, 3.8) is 0 Å². The Morgan fingerprint density at radius 3 is 2.68 bits per heavy atom. The van der Waals surface area contributed by atoms with E-state index in [1.807, 2.05) is 31.9 Å². The molecular formula is C19H28N4O2. The molecule has 6 nitrogen and oxygen atoms in total. The molecule has 6 heteroatoms. The average Bonchev–Trinajstić information content (AvgIpc) is 3.22. The predicted molar refractivity (Wildman–Crippen MR) is 97.1 cm³/mol. The minimum Gasteiger partial charge on any atom is -0.481 e. The second-order valence-electron chi connectivity index (χ2n) is 6.82. The van der Waals surface area contributed by atoms with E-state index in [1.54, 1.807) is 11.8 Å². The molecule has 0 bridgehead atoms. The third-order valence-corrected chi connectivity index (χ3v) is 5.37. The van der Waals surface area contributed by atoms with Gasteiger partial charge in [-0.15, -0.1) is 0 Å². The van der Waals surface area contributed by atoms with Gasteiger partial charge in [-0.2, -0.15) is 5.10 Å². The fraction of sp³-hybridized carbons (Fsp3) is 0.579. The van der Waals surface area contributed by atoms with Gasteiger partial charge in [0.1, 0.15) is 0 Å². The Hall–Kier alpha value is -2.24. The van der Waals surface area contributed by atoms with E-state index < -0.39 is 0 Å². The number of hydrogen-bond acceptors (Lipinski definition) is 3. The van der Waals surface area contributed by atoms with Crippen LogP contribution in [0.4, 0.5) is 0 Å². The summed E-state index contributed by atoms with van der Waals surface area (Å²) in [6.45, 7) is 9.84. The number of aryl methyl sites for hydroxylation is 3. The number of nitrogens with zero attached hydrogens (tertiary/aromatic N) is 4. The Kier molecular flexibility index (Phi) is 4.62. The number of carbonyl (C=O) groups is 1. The first kappa shape index (κ1) is 17.6. The summed E-state index contributed by atoms with van der Waals surface area (Å²) in [7, 11) is 3.54. The molecule has 2 aromatic heterocycles. The molecule has 0 aromatic carbocycles. The number of rotatable bonds is 4. The number of carbonyl (C=O) groups excluding carboxylic acids is 1. The lowest BCUT2D eigenvalue weighted by Crippen LogP contribution is -2.31. The number of likely N-dealkylation sites (tertiary alicyclic amines) is 1. The molecule has 1 aliphatic heterocycles. The zero-order chi connectivity index (χ0) is 18.3. The Morgan fingerprint density at radius 2 is 2.08 bits per heavy atom. The smallest absolute Gasteiger partial charge is 0.256 e. The van der Waals surface area contributed by atoms with Crippen LogP contribution in [0.25, 0.3) is 0 Å². The molecule has 1 atom stereocenters. The van der Waals surface area contributed by atoms with Crippen molar-refractivity contribution in [2.75, 3.05) is 13.7 Å². The van der Waals surface area contributed by atoms with Crippen LogP contribution in [0.15, 0.2) is 6.07 Å². The van der Waals surface area contributed by atoms with E-state index in [1.165, 1.54) is 0 Å². The summed E-state index contributed by atoms with van der Waals surface area (Å²) >= 11 is 0. The molecule has 1 amide bonds. The van der Waals surface area contributed by atoms with Crippen LogP contribution in [0.2, 0.25) is 0 Å². The van der Waals surface area contributed by atoms with Gasteiger partial charge in [-0.1, -0.05) is 0 Å². The van der Waals surface area contributed by atoms with Gasteiger partial charge in [0.15, 0.2) is 0 Å². The summed E-state index contributed by atoms with van der Waals surface area (Å²) in [5.74, 6) is 0.863. The average molecular weight is 344 g/mol. The van der Waals surface area contributed by atoms with E-state index in [0.29, 0.717) is 0 Å². The fourth-order valence-corrected chi connectivity index (χ4v) is 4.25. The molecule has 0 radical (unpaired) electrons. The summed E-state index contributed by atoms with van der Waals surface area (Å²) in [5.41, 5.74) is 4.97. The molecular weight excluding hydrogens is 316 g/mol. The van der Waals surface area contributed by atoms with Crippen LogP contribution in [0.1, 0.15) is 58.8 Å². The first-order valence-corrected chi connectivity index (χ1v) is 8.95. The van der Waals surface area contributed by atoms with E-state index in [9.17, 15) is 4.79 Å². The maximum absolute atomic E-state index is 13.3. The van der Waals surface area contributed by atoms with Crippen molar-refractivity contribution in [3.05, 3.63) is 34.3 Å². The molecule has 1 aliphatic rings. The van der Waals surface area contributed by atoms with Crippen LogP contribution in [-0.4, -0.2) is 38.8 Å². The summed E-state index contributed by atoms with van der Waals surface area (Å²) in [4.78, 5) is 15.3. The number of ether oxygens (including phenoxy) is 1. The van der Waals surface area contributed by atoms with Crippen LogP contribution in [0.5, 0.6) is 5.88 Å². The second kappa shape index (κ2) is 6.58. The van der Waals surface area contributed by atoms with Gasteiger partial charge in [0.05, 0.1) is 30.0 Å². The Labute approximate surface area is 149 Å². The third kappa shape index (κ3) is 2.73. The van der Waals surface area contributed by atoms with Crippen LogP contribution in [0, 0.1) is 20.8 Å². The minimum atomic E-state index is 0.0285. The number of aromatic nitrogens is 3. The Bertz CT molecular complexity index is 803. The predicted octanol–water partition coefficient (Wildman–Crippen LogP) is 3.15. The largest absolute Gasteiger partial charge is 0.481 e. The standard InChI is InChI=1S/C19H28N4O2/c1-7-22-12(2)11-15(14(22)4)18(24)23-10-8-9-16(23)17-13(3)20-21(5)19(17)25-6/h11,16H,7-10H2,1-6H3/t16-/m1/s1. The Balaban J connectivity index is 1.99. The lowest BCUT2D eigenvalue weighted by molar-refractivity contribution is 0.0733. The molecule has 3 heterocycles. The van der Waals surface area contributed by atoms with Crippen molar-refractivity contribution in [1.29, 1.82) is 0 Å². The Morgan fingerprint density at radius 1 is 1.36 bits per heavy atom. The van der Waals surface area contributed by atoms with Crippen molar-refractivity contribution in [2.24, 2.45) is 7.05 Å². The van der Waals surface area contributed by atoms with Gasteiger partial charge >= 0.3 is 0 Å². The van der Waals surface area contributed by atoms with Gasteiger partial charge in [0, 0.05) is 31.5 Å². The molecule has 1 saturated heterocycles. The molecule has 0 spiro atoms. The molecule has 0 saturated carbocycles. The van der Waals surface area contributed by atoms with Crippen molar-refractivity contribution in [1.82, 2.24) is 19.2 Å². The highest BCUT2D eigenvalue weighted by atomic mass is 16.5. The zero-order valence-electron chi connectivity index (χ0n) is 16.1. The molecule has 0 N–H and O–H groups in total. The van der Waals surface area contributed by atoms with Crippen LogP contribution >= 0.6 is 0 Å². The van der Waals surface area contributed by atoms with E-state index in [0.717, 1.165) is 60.0 Å². The first-order chi connectivity index (χ1) is 11.9. The molecule has 136 valence electrons. The lowest BCUT2D eigenvalue weighted by atomic mass is 10.0. The van der Waals surface area contributed by atoms with Gasteiger partial charge < -0.3 is 14.2 Å².